The van der Waals surface area contributed by atoms with Crippen LogP contribution in [0.25, 0.3) is 0 Å². The molecule has 104 valence electrons. The summed E-state index contributed by atoms with van der Waals surface area (Å²) in [5.41, 5.74) is 0. The van der Waals surface area contributed by atoms with Crippen molar-refractivity contribution in [3.63, 3.8) is 0 Å². The fourth-order valence-electron chi connectivity index (χ4n) is 2.70. The molecule has 1 N–H and O–H groups in total. The van der Waals surface area contributed by atoms with Crippen LogP contribution in [0.2, 0.25) is 5.02 Å². The molecule has 2 rings (SSSR count). The van der Waals surface area contributed by atoms with Gasteiger partial charge in [0.2, 0.25) is 0 Å². The first-order valence-corrected chi connectivity index (χ1v) is 8.01. The topological polar surface area (TPSA) is 37.3 Å². The third kappa shape index (κ3) is 3.67. The minimum absolute atomic E-state index is 0.135. The number of benzene rings is 1. The van der Waals surface area contributed by atoms with Crippen LogP contribution in [-0.4, -0.2) is 16.3 Å². The van der Waals surface area contributed by atoms with Crippen molar-refractivity contribution in [1.29, 1.82) is 0 Å². The van der Waals surface area contributed by atoms with Gasteiger partial charge in [-0.15, -0.1) is 11.8 Å². The predicted molar refractivity (Wildman–Crippen MR) is 79.9 cm³/mol. The van der Waals surface area contributed by atoms with Gasteiger partial charge in [-0.2, -0.15) is 0 Å². The fraction of sp³-hybridized carbons (Fsp3) is 0.533. The van der Waals surface area contributed by atoms with Gasteiger partial charge in [0, 0.05) is 10.1 Å². The highest BCUT2D eigenvalue weighted by Crippen LogP contribution is 2.42. The van der Waals surface area contributed by atoms with Crippen molar-refractivity contribution in [3.8, 4) is 0 Å². The Kier molecular flexibility index (Phi) is 5.17. The van der Waals surface area contributed by atoms with Crippen LogP contribution in [0.4, 0.5) is 0 Å². The Morgan fingerprint density at radius 2 is 2.16 bits per heavy atom. The number of thioether (sulfide) groups is 1. The lowest BCUT2D eigenvalue weighted by Gasteiger charge is -2.33. The summed E-state index contributed by atoms with van der Waals surface area (Å²) in [6.07, 6.45) is 3.93. The van der Waals surface area contributed by atoms with Gasteiger partial charge in [-0.3, -0.25) is 4.79 Å². The van der Waals surface area contributed by atoms with Gasteiger partial charge in [0.1, 0.15) is 0 Å². The van der Waals surface area contributed by atoms with Crippen LogP contribution >= 0.6 is 23.4 Å². The van der Waals surface area contributed by atoms with Crippen molar-refractivity contribution in [2.45, 2.75) is 42.8 Å². The van der Waals surface area contributed by atoms with Crippen molar-refractivity contribution >= 4 is 29.3 Å². The highest BCUT2D eigenvalue weighted by molar-refractivity contribution is 8.00. The normalized spacial score (nSPS) is 27.2. The molecular weight excluding hydrogens is 280 g/mol. The van der Waals surface area contributed by atoms with Crippen LogP contribution in [0.15, 0.2) is 29.2 Å². The van der Waals surface area contributed by atoms with Gasteiger partial charge in [0.15, 0.2) is 0 Å². The molecule has 0 aromatic heterocycles. The largest absolute Gasteiger partial charge is 0.481 e. The van der Waals surface area contributed by atoms with Crippen LogP contribution < -0.4 is 0 Å². The smallest absolute Gasteiger partial charge is 0.307 e. The molecule has 0 spiro atoms. The minimum atomic E-state index is -0.667. The summed E-state index contributed by atoms with van der Waals surface area (Å²) in [6.45, 7) is 2.18. The average Bonchev–Trinajstić information content (AvgIpc) is 2.41. The van der Waals surface area contributed by atoms with Crippen LogP contribution in [-0.2, 0) is 4.79 Å². The lowest BCUT2D eigenvalue weighted by Crippen LogP contribution is -2.32. The summed E-state index contributed by atoms with van der Waals surface area (Å²) >= 11 is 7.81. The molecule has 1 aliphatic carbocycles. The van der Waals surface area contributed by atoms with Gasteiger partial charge < -0.3 is 5.11 Å². The lowest BCUT2D eigenvalue weighted by molar-refractivity contribution is -0.142. The molecule has 0 aliphatic heterocycles. The van der Waals surface area contributed by atoms with Gasteiger partial charge in [-0.25, -0.2) is 0 Å². The molecule has 1 aromatic carbocycles. The lowest BCUT2D eigenvalue weighted by atomic mass is 9.80. The Bertz CT molecular complexity index is 450. The van der Waals surface area contributed by atoms with Crippen molar-refractivity contribution in [1.82, 2.24) is 0 Å². The number of aliphatic carboxylic acids is 1. The van der Waals surface area contributed by atoms with Crippen molar-refractivity contribution in [3.05, 3.63) is 29.3 Å². The molecule has 0 saturated heterocycles. The third-order valence-corrected chi connectivity index (χ3v) is 5.79. The number of carbonyl (C=O) groups is 1. The van der Waals surface area contributed by atoms with E-state index in [1.165, 1.54) is 0 Å². The van der Waals surface area contributed by atoms with Crippen LogP contribution in [0.5, 0.6) is 0 Å². The molecule has 19 heavy (non-hydrogen) atoms. The van der Waals surface area contributed by atoms with E-state index in [1.54, 1.807) is 11.8 Å². The molecule has 1 aliphatic rings. The number of carboxylic acid groups (broad SMARTS) is 1. The van der Waals surface area contributed by atoms with E-state index in [2.05, 4.69) is 6.92 Å². The first-order valence-electron chi connectivity index (χ1n) is 6.75. The van der Waals surface area contributed by atoms with E-state index in [1.807, 2.05) is 24.3 Å². The fourth-order valence-corrected chi connectivity index (χ4v) is 4.42. The Morgan fingerprint density at radius 3 is 2.79 bits per heavy atom. The van der Waals surface area contributed by atoms with Crippen molar-refractivity contribution < 1.29 is 9.90 Å². The number of hydrogen-bond acceptors (Lipinski definition) is 2. The SMILES string of the molecule is CCC1CCC(C(=O)O)C(Sc2ccccc2Cl)C1. The van der Waals surface area contributed by atoms with Gasteiger partial charge in [0.25, 0.3) is 0 Å². The molecule has 0 amide bonds. The highest BCUT2D eigenvalue weighted by atomic mass is 35.5. The first-order chi connectivity index (χ1) is 9.11. The van der Waals surface area contributed by atoms with Gasteiger partial charge in [-0.05, 0) is 37.3 Å². The molecule has 2 nitrogen and oxygen atoms in total. The molecule has 0 bridgehead atoms. The zero-order chi connectivity index (χ0) is 13.8. The van der Waals surface area contributed by atoms with E-state index in [0.29, 0.717) is 5.92 Å². The van der Waals surface area contributed by atoms with E-state index in [4.69, 9.17) is 11.6 Å². The second kappa shape index (κ2) is 6.67. The molecule has 1 aromatic rings. The predicted octanol–water partition coefficient (Wildman–Crippen LogP) is 4.71. The van der Waals surface area contributed by atoms with Gasteiger partial charge in [-0.1, -0.05) is 37.1 Å². The Hall–Kier alpha value is -0.670. The van der Waals surface area contributed by atoms with E-state index >= 15 is 0 Å². The van der Waals surface area contributed by atoms with Gasteiger partial charge >= 0.3 is 5.97 Å². The standard InChI is InChI=1S/C15H19ClO2S/c1-2-10-7-8-11(15(17)18)14(9-10)19-13-6-4-3-5-12(13)16/h3-6,10-11,14H,2,7-9H2,1H3,(H,17,18). The van der Waals surface area contributed by atoms with E-state index < -0.39 is 5.97 Å². The molecule has 3 atom stereocenters. The Morgan fingerprint density at radius 1 is 1.42 bits per heavy atom. The average molecular weight is 299 g/mol. The monoisotopic (exact) mass is 298 g/mol. The molecule has 4 heteroatoms. The minimum Gasteiger partial charge on any atom is -0.481 e. The molecule has 3 unspecified atom stereocenters. The number of carboxylic acids is 1. The van der Waals surface area contributed by atoms with Gasteiger partial charge in [0.05, 0.1) is 10.9 Å². The molecule has 0 heterocycles. The van der Waals surface area contributed by atoms with E-state index in [0.717, 1.165) is 35.6 Å². The van der Waals surface area contributed by atoms with E-state index in [9.17, 15) is 9.90 Å². The molecular formula is C15H19ClO2S. The van der Waals surface area contributed by atoms with Crippen LogP contribution in [0.3, 0.4) is 0 Å². The van der Waals surface area contributed by atoms with Crippen LogP contribution in [0, 0.1) is 11.8 Å². The number of hydrogen-bond donors (Lipinski definition) is 1. The Labute approximate surface area is 123 Å². The molecule has 1 saturated carbocycles. The number of rotatable bonds is 4. The second-order valence-electron chi connectivity index (χ2n) is 5.12. The summed E-state index contributed by atoms with van der Waals surface area (Å²) in [4.78, 5) is 12.4. The third-order valence-electron chi connectivity index (χ3n) is 3.91. The van der Waals surface area contributed by atoms with Crippen molar-refractivity contribution in [2.24, 2.45) is 11.8 Å². The highest BCUT2D eigenvalue weighted by Gasteiger charge is 2.35. The summed E-state index contributed by atoms with van der Waals surface area (Å²) in [5.74, 6) is -0.265. The Balaban J connectivity index is 2.13. The second-order valence-corrected chi connectivity index (χ2v) is 6.81. The zero-order valence-electron chi connectivity index (χ0n) is 11.0. The maximum atomic E-state index is 11.4. The molecule has 0 radical (unpaired) electrons. The maximum Gasteiger partial charge on any atom is 0.307 e. The first kappa shape index (κ1) is 14.7. The van der Waals surface area contributed by atoms with Crippen LogP contribution in [0.1, 0.15) is 32.6 Å². The van der Waals surface area contributed by atoms with Crippen molar-refractivity contribution in [2.75, 3.05) is 0 Å². The quantitative estimate of drug-likeness (QED) is 0.874. The maximum absolute atomic E-state index is 11.4. The summed E-state index contributed by atoms with van der Waals surface area (Å²) < 4.78 is 0. The summed E-state index contributed by atoms with van der Waals surface area (Å²) in [5, 5.41) is 10.2. The number of halogens is 1. The van der Waals surface area contributed by atoms with E-state index in [-0.39, 0.29) is 11.2 Å². The molecule has 1 fully saturated rings. The summed E-state index contributed by atoms with van der Waals surface area (Å²) in [6, 6.07) is 7.68. The zero-order valence-corrected chi connectivity index (χ0v) is 12.6. The summed E-state index contributed by atoms with van der Waals surface area (Å²) in [7, 11) is 0.